The second kappa shape index (κ2) is 8.59. The van der Waals surface area contributed by atoms with Gasteiger partial charge in [0.15, 0.2) is 0 Å². The average molecular weight is 329 g/mol. The van der Waals surface area contributed by atoms with Crippen LogP contribution in [0.15, 0.2) is 36.7 Å². The highest BCUT2D eigenvalue weighted by Crippen LogP contribution is 2.14. The third-order valence-electron chi connectivity index (χ3n) is 2.96. The van der Waals surface area contributed by atoms with Crippen molar-refractivity contribution in [2.45, 2.75) is 6.92 Å². The predicted octanol–water partition coefficient (Wildman–Crippen LogP) is 1.75. The van der Waals surface area contributed by atoms with Gasteiger partial charge in [0, 0.05) is 32.0 Å². The van der Waals surface area contributed by atoms with E-state index in [0.717, 1.165) is 0 Å². The van der Waals surface area contributed by atoms with Gasteiger partial charge in [-0.15, -0.1) is 0 Å². The monoisotopic (exact) mass is 329 g/mol. The summed E-state index contributed by atoms with van der Waals surface area (Å²) in [6.45, 7) is 2.60. The molecule has 0 radical (unpaired) electrons. The van der Waals surface area contributed by atoms with E-state index < -0.39 is 0 Å². The maximum absolute atomic E-state index is 12.1. The number of rotatable bonds is 7. The Hall–Kier alpha value is -3.00. The number of hydrogen-bond donors (Lipinski definition) is 3. The van der Waals surface area contributed by atoms with Crippen LogP contribution in [0.1, 0.15) is 17.4 Å². The molecule has 0 aliphatic carbocycles. The minimum Gasteiger partial charge on any atom is -0.383 e. The Morgan fingerprint density at radius 1 is 1.04 bits per heavy atom. The zero-order valence-corrected chi connectivity index (χ0v) is 13.5. The van der Waals surface area contributed by atoms with E-state index >= 15 is 0 Å². The van der Waals surface area contributed by atoms with E-state index in [1.165, 1.54) is 19.3 Å². The fourth-order valence-corrected chi connectivity index (χ4v) is 1.85. The van der Waals surface area contributed by atoms with E-state index in [9.17, 15) is 9.59 Å². The van der Waals surface area contributed by atoms with E-state index in [0.29, 0.717) is 30.3 Å². The summed E-state index contributed by atoms with van der Waals surface area (Å²) in [6.07, 6.45) is 2.89. The molecular weight excluding hydrogens is 310 g/mol. The van der Waals surface area contributed by atoms with Gasteiger partial charge in [0.05, 0.1) is 19.0 Å². The number of ether oxygens (including phenoxy) is 1. The largest absolute Gasteiger partial charge is 0.383 e. The molecule has 0 atom stereocenters. The molecule has 0 aliphatic rings. The number of methoxy groups -OCH3 is 1. The van der Waals surface area contributed by atoms with E-state index in [1.54, 1.807) is 31.4 Å². The van der Waals surface area contributed by atoms with E-state index in [2.05, 4.69) is 25.9 Å². The summed E-state index contributed by atoms with van der Waals surface area (Å²) < 4.78 is 4.92. The molecule has 2 aromatic rings. The van der Waals surface area contributed by atoms with Gasteiger partial charge in [-0.2, -0.15) is 0 Å². The molecule has 0 fully saturated rings. The van der Waals surface area contributed by atoms with Crippen LogP contribution in [0.5, 0.6) is 0 Å². The summed E-state index contributed by atoms with van der Waals surface area (Å²) in [5.74, 6) is 0.0581. The molecule has 0 saturated heterocycles. The molecule has 2 amide bonds. The molecule has 0 bridgehead atoms. The molecule has 8 nitrogen and oxygen atoms in total. The molecule has 0 spiro atoms. The van der Waals surface area contributed by atoms with E-state index in [4.69, 9.17) is 4.74 Å². The number of hydrogen-bond acceptors (Lipinski definition) is 6. The number of amides is 2. The van der Waals surface area contributed by atoms with E-state index in [-0.39, 0.29) is 17.5 Å². The molecule has 0 unspecified atom stereocenters. The van der Waals surface area contributed by atoms with Crippen molar-refractivity contribution in [2.24, 2.45) is 0 Å². The minimum absolute atomic E-state index is 0.152. The summed E-state index contributed by atoms with van der Waals surface area (Å²) in [5, 5.41) is 8.39. The number of benzene rings is 1. The zero-order valence-electron chi connectivity index (χ0n) is 13.5. The van der Waals surface area contributed by atoms with Crippen LogP contribution < -0.4 is 16.0 Å². The lowest BCUT2D eigenvalue weighted by atomic mass is 10.2. The third-order valence-corrected chi connectivity index (χ3v) is 2.96. The Kier molecular flexibility index (Phi) is 6.21. The normalized spacial score (nSPS) is 10.1. The van der Waals surface area contributed by atoms with Crippen molar-refractivity contribution in [3.05, 3.63) is 42.4 Å². The van der Waals surface area contributed by atoms with Crippen LogP contribution in [0.2, 0.25) is 0 Å². The summed E-state index contributed by atoms with van der Waals surface area (Å²) in [7, 11) is 1.61. The van der Waals surface area contributed by atoms with Gasteiger partial charge >= 0.3 is 0 Å². The topological polar surface area (TPSA) is 105 Å². The molecule has 0 saturated carbocycles. The Morgan fingerprint density at radius 3 is 2.25 bits per heavy atom. The maximum Gasteiger partial charge on any atom is 0.275 e. The molecular formula is C16H19N5O3. The molecule has 8 heteroatoms. The van der Waals surface area contributed by atoms with Crippen molar-refractivity contribution >= 4 is 29.0 Å². The summed E-state index contributed by atoms with van der Waals surface area (Å²) in [4.78, 5) is 31.3. The van der Waals surface area contributed by atoms with Crippen LogP contribution in [0.3, 0.4) is 0 Å². The first-order chi connectivity index (χ1) is 11.6. The molecule has 126 valence electrons. The van der Waals surface area contributed by atoms with Gasteiger partial charge in [-0.3, -0.25) is 9.59 Å². The van der Waals surface area contributed by atoms with E-state index in [1.807, 2.05) is 0 Å². The predicted molar refractivity (Wildman–Crippen MR) is 91.1 cm³/mol. The zero-order chi connectivity index (χ0) is 17.4. The molecule has 24 heavy (non-hydrogen) atoms. The number of aromatic nitrogens is 2. The Bertz CT molecular complexity index is 686. The van der Waals surface area contributed by atoms with Gasteiger partial charge in [-0.25, -0.2) is 9.97 Å². The summed E-state index contributed by atoms with van der Waals surface area (Å²) in [5.41, 5.74) is 1.46. The van der Waals surface area contributed by atoms with Gasteiger partial charge in [0.2, 0.25) is 5.91 Å². The second-order valence-corrected chi connectivity index (χ2v) is 4.92. The first-order valence-electron chi connectivity index (χ1n) is 7.32. The van der Waals surface area contributed by atoms with Crippen LogP contribution in [0.4, 0.5) is 17.2 Å². The number of nitrogens with zero attached hydrogens (tertiary/aromatic N) is 2. The Morgan fingerprint density at radius 2 is 1.71 bits per heavy atom. The first-order valence-corrected chi connectivity index (χ1v) is 7.32. The van der Waals surface area contributed by atoms with Gasteiger partial charge in [0.25, 0.3) is 5.91 Å². The second-order valence-electron chi connectivity index (χ2n) is 4.92. The van der Waals surface area contributed by atoms with Crippen LogP contribution in [0.25, 0.3) is 0 Å². The average Bonchev–Trinajstić information content (AvgIpc) is 2.57. The fraction of sp³-hybridized carbons (Fsp3) is 0.250. The SMILES string of the molecule is COCCNc1cnc(C(=O)Nc2ccc(NC(C)=O)cc2)cn1. The highest BCUT2D eigenvalue weighted by molar-refractivity contribution is 6.02. The summed E-state index contributed by atoms with van der Waals surface area (Å²) >= 11 is 0. The molecule has 2 rings (SSSR count). The highest BCUT2D eigenvalue weighted by Gasteiger charge is 2.08. The fourth-order valence-electron chi connectivity index (χ4n) is 1.85. The lowest BCUT2D eigenvalue weighted by molar-refractivity contribution is -0.114. The molecule has 1 aromatic heterocycles. The Balaban J connectivity index is 1.93. The number of carbonyl (C=O) groups excluding carboxylic acids is 2. The number of carbonyl (C=O) groups is 2. The molecule has 0 aliphatic heterocycles. The summed E-state index contributed by atoms with van der Waals surface area (Å²) in [6, 6.07) is 6.78. The van der Waals surface area contributed by atoms with Gasteiger partial charge in [-0.05, 0) is 24.3 Å². The van der Waals surface area contributed by atoms with Gasteiger partial charge < -0.3 is 20.7 Å². The quantitative estimate of drug-likeness (QED) is 0.668. The lowest BCUT2D eigenvalue weighted by Gasteiger charge is -2.07. The number of anilines is 3. The molecule has 3 N–H and O–H groups in total. The van der Waals surface area contributed by atoms with Crippen LogP contribution in [-0.2, 0) is 9.53 Å². The molecule has 1 heterocycles. The highest BCUT2D eigenvalue weighted by atomic mass is 16.5. The lowest BCUT2D eigenvalue weighted by Crippen LogP contribution is -2.15. The van der Waals surface area contributed by atoms with Crippen LogP contribution >= 0.6 is 0 Å². The number of nitrogens with one attached hydrogen (secondary N) is 3. The third kappa shape index (κ3) is 5.33. The van der Waals surface area contributed by atoms with Crippen LogP contribution in [-0.4, -0.2) is 42.0 Å². The first kappa shape index (κ1) is 17.4. The van der Waals surface area contributed by atoms with Crippen molar-refractivity contribution in [2.75, 3.05) is 36.2 Å². The Labute approximate surface area is 139 Å². The van der Waals surface area contributed by atoms with Crippen molar-refractivity contribution in [3.8, 4) is 0 Å². The van der Waals surface area contributed by atoms with Gasteiger partial charge in [0.1, 0.15) is 11.5 Å². The maximum atomic E-state index is 12.1. The molecule has 1 aromatic carbocycles. The van der Waals surface area contributed by atoms with Gasteiger partial charge in [-0.1, -0.05) is 0 Å². The minimum atomic E-state index is -0.363. The van der Waals surface area contributed by atoms with Crippen molar-refractivity contribution in [1.82, 2.24) is 9.97 Å². The van der Waals surface area contributed by atoms with Crippen molar-refractivity contribution in [1.29, 1.82) is 0 Å². The van der Waals surface area contributed by atoms with Crippen molar-refractivity contribution < 1.29 is 14.3 Å². The standard InChI is InChI=1S/C16H19N5O3/c1-11(22)20-12-3-5-13(6-4-12)21-16(23)14-9-19-15(10-18-14)17-7-8-24-2/h3-6,9-10H,7-8H2,1-2H3,(H,17,19)(H,20,22)(H,21,23). The van der Waals surface area contributed by atoms with Crippen molar-refractivity contribution in [3.63, 3.8) is 0 Å². The smallest absolute Gasteiger partial charge is 0.275 e. The van der Waals surface area contributed by atoms with Crippen LogP contribution in [0, 0.1) is 0 Å².